The first-order valence-corrected chi connectivity index (χ1v) is 6.15. The van der Waals surface area contributed by atoms with Crippen LogP contribution in [0.15, 0.2) is 12.1 Å². The Labute approximate surface area is 119 Å². The van der Waals surface area contributed by atoms with Crippen LogP contribution in [0.3, 0.4) is 0 Å². The predicted octanol–water partition coefficient (Wildman–Crippen LogP) is 2.72. The van der Waals surface area contributed by atoms with E-state index in [2.05, 4.69) is 5.32 Å². The summed E-state index contributed by atoms with van der Waals surface area (Å²) in [6.07, 6.45) is -0.314. The van der Waals surface area contributed by atoms with Gasteiger partial charge >= 0.3 is 12.0 Å². The third-order valence-electron chi connectivity index (χ3n) is 2.80. The summed E-state index contributed by atoms with van der Waals surface area (Å²) in [5, 5.41) is 13.1. The number of carbonyl (C=O) groups is 2. The summed E-state index contributed by atoms with van der Waals surface area (Å²) in [7, 11) is 0. The average Bonchev–Trinajstić information content (AvgIpc) is 2.38. The van der Waals surface area contributed by atoms with Gasteiger partial charge in [0.05, 0.1) is 12.1 Å². The number of urea groups is 1. The first-order chi connectivity index (χ1) is 9.72. The van der Waals surface area contributed by atoms with Crippen molar-refractivity contribution >= 4 is 17.7 Å². The Morgan fingerprint density at radius 2 is 1.81 bits per heavy atom. The molecule has 0 radical (unpaired) electrons. The molecule has 5 nitrogen and oxygen atoms in total. The summed E-state index contributed by atoms with van der Waals surface area (Å²) in [5.41, 5.74) is -0.538. The van der Waals surface area contributed by atoms with Crippen LogP contribution in [0.25, 0.3) is 0 Å². The van der Waals surface area contributed by atoms with Gasteiger partial charge in [0, 0.05) is 6.04 Å². The standard InChI is InChI=1S/C13H15F3N2O3/c1-6(2)9(5-10(19)20)18-13(21)17-8-4-3-7(14)11(15)12(8)16/h3-4,6,9H,5H2,1-2H3,(H,19,20)(H2,17,18,21). The van der Waals surface area contributed by atoms with E-state index < -0.39 is 41.2 Å². The van der Waals surface area contributed by atoms with Gasteiger partial charge < -0.3 is 15.7 Å². The van der Waals surface area contributed by atoms with Crippen molar-refractivity contribution in [1.29, 1.82) is 0 Å². The van der Waals surface area contributed by atoms with Gasteiger partial charge in [-0.2, -0.15) is 0 Å². The lowest BCUT2D eigenvalue weighted by molar-refractivity contribution is -0.137. The highest BCUT2D eigenvalue weighted by Crippen LogP contribution is 2.19. The number of rotatable bonds is 5. The van der Waals surface area contributed by atoms with Crippen LogP contribution in [0, 0.1) is 23.4 Å². The monoisotopic (exact) mass is 304 g/mol. The summed E-state index contributed by atoms with van der Waals surface area (Å²) >= 11 is 0. The molecule has 0 saturated carbocycles. The molecule has 0 bridgehead atoms. The maximum absolute atomic E-state index is 13.4. The summed E-state index contributed by atoms with van der Waals surface area (Å²) < 4.78 is 39.1. The fourth-order valence-electron chi connectivity index (χ4n) is 1.59. The van der Waals surface area contributed by atoms with Crippen LogP contribution >= 0.6 is 0 Å². The van der Waals surface area contributed by atoms with Gasteiger partial charge in [-0.15, -0.1) is 0 Å². The van der Waals surface area contributed by atoms with Crippen molar-refractivity contribution in [2.24, 2.45) is 5.92 Å². The zero-order chi connectivity index (χ0) is 16.2. The molecule has 1 rings (SSSR count). The van der Waals surface area contributed by atoms with E-state index in [0.29, 0.717) is 6.07 Å². The van der Waals surface area contributed by atoms with Crippen LogP contribution in [-0.4, -0.2) is 23.1 Å². The fourth-order valence-corrected chi connectivity index (χ4v) is 1.59. The minimum absolute atomic E-state index is 0.179. The van der Waals surface area contributed by atoms with Gasteiger partial charge in [0.2, 0.25) is 0 Å². The maximum Gasteiger partial charge on any atom is 0.319 e. The molecule has 0 heterocycles. The molecule has 21 heavy (non-hydrogen) atoms. The Bertz CT molecular complexity index is 550. The molecule has 1 unspecified atom stereocenters. The molecular formula is C13H15F3N2O3. The molecule has 0 aliphatic heterocycles. The highest BCUT2D eigenvalue weighted by molar-refractivity contribution is 5.89. The van der Waals surface area contributed by atoms with E-state index in [-0.39, 0.29) is 12.3 Å². The van der Waals surface area contributed by atoms with Gasteiger partial charge in [-0.25, -0.2) is 18.0 Å². The van der Waals surface area contributed by atoms with Crippen molar-refractivity contribution in [1.82, 2.24) is 5.32 Å². The second-order valence-corrected chi connectivity index (χ2v) is 4.77. The lowest BCUT2D eigenvalue weighted by atomic mass is 10.0. The molecule has 0 aliphatic rings. The number of anilines is 1. The first-order valence-electron chi connectivity index (χ1n) is 6.15. The Balaban J connectivity index is 2.77. The number of carbonyl (C=O) groups excluding carboxylic acids is 1. The molecule has 0 aliphatic carbocycles. The third kappa shape index (κ3) is 4.66. The van der Waals surface area contributed by atoms with E-state index in [0.717, 1.165) is 6.07 Å². The van der Waals surface area contributed by atoms with Crippen LogP contribution in [0.5, 0.6) is 0 Å². The zero-order valence-corrected chi connectivity index (χ0v) is 11.4. The van der Waals surface area contributed by atoms with Gasteiger partial charge in [0.15, 0.2) is 17.5 Å². The highest BCUT2D eigenvalue weighted by atomic mass is 19.2. The Hall–Kier alpha value is -2.25. The lowest BCUT2D eigenvalue weighted by Gasteiger charge is -2.21. The Morgan fingerprint density at radius 1 is 1.19 bits per heavy atom. The molecule has 116 valence electrons. The molecule has 3 N–H and O–H groups in total. The van der Waals surface area contributed by atoms with Crippen LogP contribution in [0.4, 0.5) is 23.7 Å². The second-order valence-electron chi connectivity index (χ2n) is 4.77. The number of carboxylic acids is 1. The second kappa shape index (κ2) is 6.96. The van der Waals surface area contributed by atoms with Crippen LogP contribution in [-0.2, 0) is 4.79 Å². The van der Waals surface area contributed by atoms with Crippen molar-refractivity contribution in [3.05, 3.63) is 29.6 Å². The van der Waals surface area contributed by atoms with Crippen LogP contribution in [0.1, 0.15) is 20.3 Å². The average molecular weight is 304 g/mol. The molecule has 0 aromatic heterocycles. The number of halogens is 3. The highest BCUT2D eigenvalue weighted by Gasteiger charge is 2.21. The molecule has 1 aromatic carbocycles. The molecule has 2 amide bonds. The van der Waals surface area contributed by atoms with E-state index in [1.54, 1.807) is 13.8 Å². The summed E-state index contributed by atoms with van der Waals surface area (Å²) in [6.45, 7) is 3.40. The van der Waals surface area contributed by atoms with Gasteiger partial charge in [-0.1, -0.05) is 13.8 Å². The lowest BCUT2D eigenvalue weighted by Crippen LogP contribution is -2.42. The molecule has 0 spiro atoms. The fraction of sp³-hybridized carbons (Fsp3) is 0.385. The minimum atomic E-state index is -1.70. The number of carboxylic acid groups (broad SMARTS) is 1. The normalized spacial score (nSPS) is 12.1. The van der Waals surface area contributed by atoms with Gasteiger partial charge in [-0.3, -0.25) is 4.79 Å². The third-order valence-corrected chi connectivity index (χ3v) is 2.80. The summed E-state index contributed by atoms with van der Waals surface area (Å²) in [5.74, 6) is -5.87. The number of hydrogen-bond donors (Lipinski definition) is 3. The summed E-state index contributed by atoms with van der Waals surface area (Å²) in [4.78, 5) is 22.3. The zero-order valence-electron chi connectivity index (χ0n) is 11.4. The molecule has 0 saturated heterocycles. The largest absolute Gasteiger partial charge is 0.481 e. The predicted molar refractivity (Wildman–Crippen MR) is 69.3 cm³/mol. The van der Waals surface area contributed by atoms with Gasteiger partial charge in [-0.05, 0) is 18.1 Å². The molecular weight excluding hydrogens is 289 g/mol. The van der Waals surface area contributed by atoms with Crippen molar-refractivity contribution in [2.45, 2.75) is 26.3 Å². The van der Waals surface area contributed by atoms with E-state index in [1.165, 1.54) is 0 Å². The van der Waals surface area contributed by atoms with Crippen molar-refractivity contribution in [2.75, 3.05) is 5.32 Å². The quantitative estimate of drug-likeness (QED) is 0.732. The number of benzene rings is 1. The first kappa shape index (κ1) is 16.8. The Morgan fingerprint density at radius 3 is 2.33 bits per heavy atom. The number of hydrogen-bond acceptors (Lipinski definition) is 2. The van der Waals surface area contributed by atoms with Gasteiger partial charge in [0.25, 0.3) is 0 Å². The van der Waals surface area contributed by atoms with E-state index in [4.69, 9.17) is 5.11 Å². The van der Waals surface area contributed by atoms with Crippen molar-refractivity contribution < 1.29 is 27.9 Å². The maximum atomic E-state index is 13.4. The van der Waals surface area contributed by atoms with Gasteiger partial charge in [0.1, 0.15) is 0 Å². The topological polar surface area (TPSA) is 78.4 Å². The van der Waals surface area contributed by atoms with E-state index in [1.807, 2.05) is 5.32 Å². The van der Waals surface area contributed by atoms with Crippen molar-refractivity contribution in [3.63, 3.8) is 0 Å². The minimum Gasteiger partial charge on any atom is -0.481 e. The van der Waals surface area contributed by atoms with Crippen LogP contribution in [0.2, 0.25) is 0 Å². The SMILES string of the molecule is CC(C)C(CC(=O)O)NC(=O)Nc1ccc(F)c(F)c1F. The molecule has 1 aromatic rings. The number of amides is 2. The number of aliphatic carboxylic acids is 1. The molecule has 0 fully saturated rings. The molecule has 1 atom stereocenters. The molecule has 8 heteroatoms. The van der Waals surface area contributed by atoms with E-state index >= 15 is 0 Å². The summed E-state index contributed by atoms with van der Waals surface area (Å²) in [6, 6.07) is -0.0455. The van der Waals surface area contributed by atoms with E-state index in [9.17, 15) is 22.8 Å². The Kier molecular flexibility index (Phi) is 5.57. The van der Waals surface area contributed by atoms with Crippen LogP contribution < -0.4 is 10.6 Å². The number of nitrogens with one attached hydrogen (secondary N) is 2. The van der Waals surface area contributed by atoms with Crippen molar-refractivity contribution in [3.8, 4) is 0 Å². The smallest absolute Gasteiger partial charge is 0.319 e.